The summed E-state index contributed by atoms with van der Waals surface area (Å²) in [6, 6.07) is 12.1. The van der Waals surface area contributed by atoms with Crippen molar-refractivity contribution in [2.75, 3.05) is 19.1 Å². The van der Waals surface area contributed by atoms with Gasteiger partial charge >= 0.3 is 5.97 Å². The lowest BCUT2D eigenvalue weighted by Crippen LogP contribution is -2.14. The second-order valence-corrected chi connectivity index (χ2v) is 4.61. The predicted octanol–water partition coefficient (Wildman–Crippen LogP) is 3.81. The minimum Gasteiger partial charge on any atom is -0.497 e. The molecule has 0 fully saturated rings. The summed E-state index contributed by atoms with van der Waals surface area (Å²) < 4.78 is 5.10. The molecular weight excluding hydrogens is 278 g/mol. The Morgan fingerprint density at radius 3 is 2.40 bits per heavy atom. The van der Waals surface area contributed by atoms with E-state index in [1.165, 1.54) is 6.07 Å². The predicted molar refractivity (Wildman–Crippen MR) is 79.5 cm³/mol. The van der Waals surface area contributed by atoms with E-state index in [9.17, 15) is 9.90 Å². The summed E-state index contributed by atoms with van der Waals surface area (Å²) >= 11 is 6.15. The highest BCUT2D eigenvalue weighted by Crippen LogP contribution is 2.34. The minimum atomic E-state index is -1.01. The normalized spacial score (nSPS) is 10.2. The Bertz CT molecular complexity index is 626. The first-order valence-corrected chi connectivity index (χ1v) is 6.32. The summed E-state index contributed by atoms with van der Waals surface area (Å²) in [6.07, 6.45) is 0. The molecule has 2 aromatic rings. The van der Waals surface area contributed by atoms with Crippen LogP contribution in [0, 0.1) is 0 Å². The monoisotopic (exact) mass is 291 g/mol. The molecule has 0 aromatic heterocycles. The highest BCUT2D eigenvalue weighted by atomic mass is 35.5. The van der Waals surface area contributed by atoms with Crippen molar-refractivity contribution in [1.29, 1.82) is 0 Å². The van der Waals surface area contributed by atoms with Crippen molar-refractivity contribution in [1.82, 2.24) is 0 Å². The molecule has 20 heavy (non-hydrogen) atoms. The highest BCUT2D eigenvalue weighted by molar-refractivity contribution is 6.34. The maximum absolute atomic E-state index is 11.3. The summed E-state index contributed by atoms with van der Waals surface area (Å²) in [6.45, 7) is 0. The number of nitrogens with zero attached hydrogens (tertiary/aromatic N) is 1. The van der Waals surface area contributed by atoms with Crippen LogP contribution in [0.25, 0.3) is 0 Å². The fraction of sp³-hybridized carbons (Fsp3) is 0.133. The number of hydrogen-bond donors (Lipinski definition) is 1. The number of rotatable bonds is 4. The van der Waals surface area contributed by atoms with E-state index >= 15 is 0 Å². The van der Waals surface area contributed by atoms with E-state index < -0.39 is 5.97 Å². The molecule has 0 heterocycles. The van der Waals surface area contributed by atoms with Gasteiger partial charge in [0.05, 0.1) is 23.4 Å². The number of hydrogen-bond acceptors (Lipinski definition) is 3. The maximum atomic E-state index is 11.3. The van der Waals surface area contributed by atoms with Gasteiger partial charge in [0.25, 0.3) is 0 Å². The van der Waals surface area contributed by atoms with Gasteiger partial charge in [-0.1, -0.05) is 17.7 Å². The van der Waals surface area contributed by atoms with Crippen molar-refractivity contribution in [3.8, 4) is 5.75 Å². The molecule has 4 nitrogen and oxygen atoms in total. The van der Waals surface area contributed by atoms with Crippen molar-refractivity contribution in [2.45, 2.75) is 0 Å². The van der Waals surface area contributed by atoms with E-state index in [2.05, 4.69) is 0 Å². The molecule has 0 spiro atoms. The van der Waals surface area contributed by atoms with Crippen molar-refractivity contribution < 1.29 is 14.6 Å². The van der Waals surface area contributed by atoms with E-state index in [0.29, 0.717) is 10.7 Å². The molecule has 0 aliphatic rings. The van der Waals surface area contributed by atoms with Crippen LogP contribution in [0.3, 0.4) is 0 Å². The van der Waals surface area contributed by atoms with Crippen LogP contribution in [0.4, 0.5) is 11.4 Å². The number of aromatic carboxylic acids is 1. The van der Waals surface area contributed by atoms with Gasteiger partial charge in [-0.3, -0.25) is 0 Å². The number of carbonyl (C=O) groups is 1. The molecular formula is C15H14ClNO3. The zero-order chi connectivity index (χ0) is 14.7. The zero-order valence-corrected chi connectivity index (χ0v) is 11.9. The van der Waals surface area contributed by atoms with E-state index in [0.717, 1.165) is 11.4 Å². The summed E-state index contributed by atoms with van der Waals surface area (Å²) in [5.74, 6) is -0.275. The Morgan fingerprint density at radius 2 is 1.85 bits per heavy atom. The van der Waals surface area contributed by atoms with Gasteiger partial charge in [0, 0.05) is 12.7 Å². The summed E-state index contributed by atoms with van der Waals surface area (Å²) in [5, 5.41) is 9.65. The average molecular weight is 292 g/mol. The molecule has 5 heteroatoms. The van der Waals surface area contributed by atoms with E-state index in [1.807, 2.05) is 24.3 Å². The summed E-state index contributed by atoms with van der Waals surface area (Å²) in [5.41, 5.74) is 1.45. The van der Waals surface area contributed by atoms with Gasteiger partial charge in [-0.15, -0.1) is 0 Å². The summed E-state index contributed by atoms with van der Waals surface area (Å²) in [4.78, 5) is 13.0. The molecule has 1 N–H and O–H groups in total. The molecule has 0 radical (unpaired) electrons. The van der Waals surface area contributed by atoms with Crippen LogP contribution >= 0.6 is 11.6 Å². The van der Waals surface area contributed by atoms with Crippen molar-refractivity contribution in [2.24, 2.45) is 0 Å². The summed E-state index contributed by atoms with van der Waals surface area (Å²) in [7, 11) is 3.37. The van der Waals surface area contributed by atoms with Gasteiger partial charge in [0.1, 0.15) is 5.75 Å². The number of benzene rings is 2. The third kappa shape index (κ3) is 2.70. The number of carboxylic acids is 1. The number of halogens is 1. The van der Waals surface area contributed by atoms with Gasteiger partial charge in [-0.05, 0) is 36.4 Å². The van der Waals surface area contributed by atoms with Crippen LogP contribution in [0.2, 0.25) is 5.02 Å². The molecule has 2 rings (SSSR count). The fourth-order valence-corrected chi connectivity index (χ4v) is 2.27. The lowest BCUT2D eigenvalue weighted by molar-refractivity contribution is 0.0697. The van der Waals surface area contributed by atoms with Crippen molar-refractivity contribution in [3.05, 3.63) is 53.1 Å². The first-order chi connectivity index (χ1) is 9.54. The molecule has 0 unspecified atom stereocenters. The highest BCUT2D eigenvalue weighted by Gasteiger charge is 2.17. The van der Waals surface area contributed by atoms with E-state index in [-0.39, 0.29) is 5.56 Å². The Labute approximate surface area is 122 Å². The van der Waals surface area contributed by atoms with Crippen LogP contribution in [0.1, 0.15) is 10.4 Å². The number of methoxy groups -OCH3 is 1. The zero-order valence-electron chi connectivity index (χ0n) is 11.1. The molecule has 0 atom stereocenters. The quantitative estimate of drug-likeness (QED) is 0.930. The van der Waals surface area contributed by atoms with Gasteiger partial charge in [0.15, 0.2) is 0 Å². The maximum Gasteiger partial charge on any atom is 0.337 e. The molecule has 0 aliphatic carbocycles. The van der Waals surface area contributed by atoms with Crippen LogP contribution in [0.5, 0.6) is 5.75 Å². The SMILES string of the molecule is COc1ccc(N(C)c2c(Cl)cccc2C(=O)O)cc1. The smallest absolute Gasteiger partial charge is 0.337 e. The Hall–Kier alpha value is -2.20. The standard InChI is InChI=1S/C15H14ClNO3/c1-17(10-6-8-11(20-2)9-7-10)14-12(15(18)19)4-3-5-13(14)16/h3-9H,1-2H3,(H,18,19). The third-order valence-electron chi connectivity index (χ3n) is 3.01. The van der Waals surface area contributed by atoms with E-state index in [1.54, 1.807) is 31.2 Å². The van der Waals surface area contributed by atoms with Crippen molar-refractivity contribution in [3.63, 3.8) is 0 Å². The first kappa shape index (κ1) is 14.2. The number of para-hydroxylation sites is 1. The van der Waals surface area contributed by atoms with Crippen LogP contribution in [0.15, 0.2) is 42.5 Å². The molecule has 0 aliphatic heterocycles. The van der Waals surface area contributed by atoms with Crippen LogP contribution < -0.4 is 9.64 Å². The topological polar surface area (TPSA) is 49.8 Å². The molecule has 0 amide bonds. The lowest BCUT2D eigenvalue weighted by atomic mass is 10.1. The van der Waals surface area contributed by atoms with Crippen LogP contribution in [-0.2, 0) is 0 Å². The molecule has 0 saturated heterocycles. The first-order valence-electron chi connectivity index (χ1n) is 5.94. The van der Waals surface area contributed by atoms with Crippen LogP contribution in [-0.4, -0.2) is 25.2 Å². The lowest BCUT2D eigenvalue weighted by Gasteiger charge is -2.22. The minimum absolute atomic E-state index is 0.163. The van der Waals surface area contributed by atoms with Crippen molar-refractivity contribution >= 4 is 28.9 Å². The molecule has 0 saturated carbocycles. The molecule has 2 aromatic carbocycles. The Morgan fingerprint density at radius 1 is 1.20 bits per heavy atom. The number of carboxylic acid groups (broad SMARTS) is 1. The average Bonchev–Trinajstić information content (AvgIpc) is 2.46. The van der Waals surface area contributed by atoms with Gasteiger partial charge < -0.3 is 14.7 Å². The second-order valence-electron chi connectivity index (χ2n) is 4.20. The number of anilines is 2. The third-order valence-corrected chi connectivity index (χ3v) is 3.32. The fourth-order valence-electron chi connectivity index (χ4n) is 1.96. The van der Waals surface area contributed by atoms with Gasteiger partial charge in [-0.25, -0.2) is 4.79 Å². The molecule has 0 bridgehead atoms. The Balaban J connectivity index is 2.46. The van der Waals surface area contributed by atoms with E-state index in [4.69, 9.17) is 16.3 Å². The van der Waals surface area contributed by atoms with Gasteiger partial charge in [0.2, 0.25) is 0 Å². The Kier molecular flexibility index (Phi) is 4.15. The largest absolute Gasteiger partial charge is 0.497 e. The number of ether oxygens (including phenoxy) is 1. The molecule has 104 valence electrons. The second kappa shape index (κ2) is 5.84. The van der Waals surface area contributed by atoms with Gasteiger partial charge in [-0.2, -0.15) is 0 Å².